The van der Waals surface area contributed by atoms with Gasteiger partial charge in [-0.15, -0.1) is 0 Å². The van der Waals surface area contributed by atoms with Gasteiger partial charge in [-0.25, -0.2) is 8.42 Å². The molecule has 3 unspecified atom stereocenters. The number of rotatable bonds is 7. The predicted molar refractivity (Wildman–Crippen MR) is 135 cm³/mol. The molecule has 0 bridgehead atoms. The summed E-state index contributed by atoms with van der Waals surface area (Å²) in [4.78, 5) is 12.3. The number of amides is 1. The fourth-order valence-electron chi connectivity index (χ4n) is 9.16. The Labute approximate surface area is 211 Å². The number of fused-ring (bicyclic) bond motifs is 5. The highest BCUT2D eigenvalue weighted by atomic mass is 32.2. The summed E-state index contributed by atoms with van der Waals surface area (Å²) in [5, 5.41) is 36.0. The van der Waals surface area contributed by atoms with Crippen molar-refractivity contribution in [2.24, 2.45) is 46.3 Å². The van der Waals surface area contributed by atoms with Gasteiger partial charge in [-0.3, -0.25) is 4.79 Å². The molecule has 7 nitrogen and oxygen atoms in total. The van der Waals surface area contributed by atoms with E-state index < -0.39 is 15.9 Å². The molecule has 4 fully saturated rings. The first kappa shape index (κ1) is 27.3. The van der Waals surface area contributed by atoms with Crippen LogP contribution in [0.3, 0.4) is 0 Å². The van der Waals surface area contributed by atoms with Gasteiger partial charge in [-0.2, -0.15) is 0 Å². The van der Waals surface area contributed by atoms with Gasteiger partial charge in [0.15, 0.2) is 0 Å². The average molecular weight is 514 g/mol. The molecule has 202 valence electrons. The normalized spacial score (nSPS) is 46.3. The van der Waals surface area contributed by atoms with Crippen molar-refractivity contribution in [1.82, 2.24) is 5.32 Å². The van der Waals surface area contributed by atoms with Crippen molar-refractivity contribution in [2.75, 3.05) is 18.6 Å². The molecule has 4 saturated carbocycles. The van der Waals surface area contributed by atoms with E-state index in [1.165, 1.54) is 6.26 Å². The van der Waals surface area contributed by atoms with E-state index in [1.54, 1.807) is 0 Å². The standard InChI is InChI=1S/C27H47NO6S/c1-16(5-8-24(32)28-11-12-35(4,33)34)19-6-7-20-25-21(15-23(31)27(19,20)3)26(2)10-9-18(29)13-17(26)14-22(25)30/h16-23,25,29-31H,5-15H2,1-4H3,(H,28,32)/t16-,17+,18-,19-,20?,21?,22-,23+,25?,26+,27-/m1/s1. The molecule has 0 aromatic rings. The summed E-state index contributed by atoms with van der Waals surface area (Å²) in [7, 11) is -3.10. The van der Waals surface area contributed by atoms with Crippen LogP contribution in [0, 0.1) is 46.3 Å². The highest BCUT2D eigenvalue weighted by Gasteiger charge is 2.65. The van der Waals surface area contributed by atoms with Crippen LogP contribution in [0.4, 0.5) is 0 Å². The first-order valence-electron chi connectivity index (χ1n) is 13.8. The van der Waals surface area contributed by atoms with E-state index in [0.29, 0.717) is 25.2 Å². The van der Waals surface area contributed by atoms with Crippen molar-refractivity contribution in [3.8, 4) is 0 Å². The Morgan fingerprint density at radius 1 is 1.06 bits per heavy atom. The molecular formula is C27H47NO6S. The van der Waals surface area contributed by atoms with E-state index in [-0.39, 0.29) is 70.8 Å². The number of nitrogens with one attached hydrogen (secondary N) is 1. The Hall–Kier alpha value is -0.700. The van der Waals surface area contributed by atoms with Crippen LogP contribution in [0.5, 0.6) is 0 Å². The van der Waals surface area contributed by atoms with Gasteiger partial charge in [0, 0.05) is 19.2 Å². The SMILES string of the molecule is C[C@H](CCC(=O)NCCS(C)(=O)=O)[C@H]1CCC2C3C(C[C@H](O)[C@@]21C)[C@@]1(C)CC[C@@H](O)C[C@H]1C[C@H]3O. The Morgan fingerprint density at radius 3 is 2.46 bits per heavy atom. The Kier molecular flexibility index (Phi) is 7.72. The number of hydrogen-bond acceptors (Lipinski definition) is 6. The third kappa shape index (κ3) is 5.06. The second-order valence-electron chi connectivity index (χ2n) is 13.0. The Balaban J connectivity index is 1.43. The number of aliphatic hydroxyl groups is 3. The molecule has 0 aromatic carbocycles. The molecular weight excluding hydrogens is 466 g/mol. The highest BCUT2D eigenvalue weighted by molar-refractivity contribution is 7.90. The molecule has 0 radical (unpaired) electrons. The van der Waals surface area contributed by atoms with E-state index in [1.807, 2.05) is 0 Å². The van der Waals surface area contributed by atoms with Gasteiger partial charge in [0.25, 0.3) is 0 Å². The first-order chi connectivity index (χ1) is 16.3. The molecule has 0 spiro atoms. The van der Waals surface area contributed by atoms with E-state index in [2.05, 4.69) is 26.1 Å². The molecule has 0 saturated heterocycles. The molecule has 4 N–H and O–H groups in total. The number of hydrogen-bond donors (Lipinski definition) is 4. The Bertz CT molecular complexity index is 894. The summed E-state index contributed by atoms with van der Waals surface area (Å²) in [5.41, 5.74) is -0.203. The molecule has 11 atom stereocenters. The van der Waals surface area contributed by atoms with Crippen LogP contribution in [-0.2, 0) is 14.6 Å². The number of sulfone groups is 1. The van der Waals surface area contributed by atoms with Crippen LogP contribution in [0.2, 0.25) is 0 Å². The zero-order valence-electron chi connectivity index (χ0n) is 21.9. The van der Waals surface area contributed by atoms with Crippen molar-refractivity contribution in [2.45, 2.75) is 96.9 Å². The molecule has 4 aliphatic rings. The summed E-state index contributed by atoms with van der Waals surface area (Å²) < 4.78 is 22.6. The highest BCUT2D eigenvalue weighted by Crippen LogP contribution is 2.68. The van der Waals surface area contributed by atoms with Crippen molar-refractivity contribution in [3.63, 3.8) is 0 Å². The van der Waals surface area contributed by atoms with Crippen molar-refractivity contribution in [1.29, 1.82) is 0 Å². The quantitative estimate of drug-likeness (QED) is 0.415. The fraction of sp³-hybridized carbons (Fsp3) is 0.963. The minimum absolute atomic E-state index is 0.0491. The van der Waals surface area contributed by atoms with Crippen LogP contribution in [0.15, 0.2) is 0 Å². The van der Waals surface area contributed by atoms with Crippen molar-refractivity contribution in [3.05, 3.63) is 0 Å². The van der Waals surface area contributed by atoms with Gasteiger partial charge in [0.2, 0.25) is 5.91 Å². The van der Waals surface area contributed by atoms with Crippen LogP contribution >= 0.6 is 0 Å². The van der Waals surface area contributed by atoms with Gasteiger partial charge in [0.05, 0.1) is 24.1 Å². The molecule has 0 aliphatic heterocycles. The van der Waals surface area contributed by atoms with Crippen LogP contribution < -0.4 is 5.32 Å². The van der Waals surface area contributed by atoms with Gasteiger partial charge in [0.1, 0.15) is 9.84 Å². The second kappa shape index (κ2) is 9.88. The van der Waals surface area contributed by atoms with E-state index in [9.17, 15) is 28.5 Å². The zero-order chi connectivity index (χ0) is 25.8. The van der Waals surface area contributed by atoms with Crippen LogP contribution in [-0.4, -0.2) is 66.5 Å². The summed E-state index contributed by atoms with van der Waals surface area (Å²) in [5.74, 6) is 1.44. The van der Waals surface area contributed by atoms with E-state index >= 15 is 0 Å². The predicted octanol–water partition coefficient (Wildman–Crippen LogP) is 2.52. The average Bonchev–Trinajstić information content (AvgIpc) is 3.12. The molecule has 4 aliphatic carbocycles. The number of carbonyl (C=O) groups excluding carboxylic acids is 1. The topological polar surface area (TPSA) is 124 Å². The van der Waals surface area contributed by atoms with Gasteiger partial charge in [-0.05, 0) is 97.7 Å². The largest absolute Gasteiger partial charge is 0.393 e. The maximum absolute atomic E-state index is 12.3. The molecule has 8 heteroatoms. The Morgan fingerprint density at radius 2 is 1.77 bits per heavy atom. The molecule has 0 heterocycles. The van der Waals surface area contributed by atoms with Crippen molar-refractivity contribution < 1.29 is 28.5 Å². The summed E-state index contributed by atoms with van der Waals surface area (Å²) in [6.45, 7) is 6.90. The number of aliphatic hydroxyl groups excluding tert-OH is 3. The molecule has 0 aromatic heterocycles. The molecule has 35 heavy (non-hydrogen) atoms. The lowest BCUT2D eigenvalue weighted by Crippen LogP contribution is -2.62. The van der Waals surface area contributed by atoms with Crippen LogP contribution in [0.25, 0.3) is 0 Å². The third-order valence-electron chi connectivity index (χ3n) is 11.1. The maximum atomic E-state index is 12.3. The number of carbonyl (C=O) groups is 1. The van der Waals surface area contributed by atoms with Crippen molar-refractivity contribution >= 4 is 15.7 Å². The summed E-state index contributed by atoms with van der Waals surface area (Å²) in [6.07, 6.45) is 7.18. The zero-order valence-corrected chi connectivity index (χ0v) is 22.8. The molecule has 4 rings (SSSR count). The minimum Gasteiger partial charge on any atom is -0.393 e. The maximum Gasteiger partial charge on any atom is 0.220 e. The monoisotopic (exact) mass is 513 g/mol. The van der Waals surface area contributed by atoms with E-state index in [4.69, 9.17) is 0 Å². The molecule has 1 amide bonds. The second-order valence-corrected chi connectivity index (χ2v) is 15.3. The first-order valence-corrected chi connectivity index (χ1v) is 15.8. The lowest BCUT2D eigenvalue weighted by atomic mass is 9.43. The van der Waals surface area contributed by atoms with Crippen LogP contribution in [0.1, 0.15) is 78.6 Å². The minimum atomic E-state index is -3.10. The van der Waals surface area contributed by atoms with Gasteiger partial charge in [-0.1, -0.05) is 20.8 Å². The van der Waals surface area contributed by atoms with E-state index in [0.717, 1.165) is 38.5 Å². The smallest absolute Gasteiger partial charge is 0.220 e. The summed E-state index contributed by atoms with van der Waals surface area (Å²) >= 11 is 0. The van der Waals surface area contributed by atoms with Gasteiger partial charge < -0.3 is 20.6 Å². The van der Waals surface area contributed by atoms with Gasteiger partial charge >= 0.3 is 0 Å². The third-order valence-corrected chi connectivity index (χ3v) is 12.1. The lowest BCUT2D eigenvalue weighted by molar-refractivity contribution is -0.207. The lowest BCUT2D eigenvalue weighted by Gasteiger charge is -2.63. The fourth-order valence-corrected chi connectivity index (χ4v) is 9.63. The summed E-state index contributed by atoms with van der Waals surface area (Å²) in [6, 6.07) is 0.